The van der Waals surface area contributed by atoms with Crippen LogP contribution in [0.2, 0.25) is 0 Å². The van der Waals surface area contributed by atoms with Crippen molar-refractivity contribution < 1.29 is 24.0 Å². The summed E-state index contributed by atoms with van der Waals surface area (Å²) in [6.45, 7) is 13.7. The smallest absolute Gasteiger partial charge is 0.408 e. The van der Waals surface area contributed by atoms with Gasteiger partial charge in [0.2, 0.25) is 11.8 Å². The van der Waals surface area contributed by atoms with Crippen LogP contribution in [0.25, 0.3) is 0 Å². The van der Waals surface area contributed by atoms with Crippen LogP contribution >= 0.6 is 0 Å². The number of hydrogen-bond acceptors (Lipinski definition) is 6. The van der Waals surface area contributed by atoms with E-state index in [0.29, 0.717) is 0 Å². The minimum atomic E-state index is -0.886. The van der Waals surface area contributed by atoms with Gasteiger partial charge in [-0.15, -0.1) is 0 Å². The molecule has 3 N–H and O–H groups in total. The predicted molar refractivity (Wildman–Crippen MR) is 155 cm³/mol. The molecule has 224 valence electrons. The Hall–Kier alpha value is -2.65. The van der Waals surface area contributed by atoms with Gasteiger partial charge in [0.05, 0.1) is 12.6 Å². The van der Waals surface area contributed by atoms with Gasteiger partial charge in [-0.25, -0.2) is 4.79 Å². The summed E-state index contributed by atoms with van der Waals surface area (Å²) < 4.78 is 5.35. The fourth-order valence-corrected chi connectivity index (χ4v) is 6.05. The second-order valence-corrected chi connectivity index (χ2v) is 13.6. The van der Waals surface area contributed by atoms with E-state index in [-0.39, 0.29) is 42.1 Å². The zero-order valence-electron chi connectivity index (χ0n) is 25.5. The molecule has 0 bridgehead atoms. The van der Waals surface area contributed by atoms with Crippen molar-refractivity contribution in [2.75, 3.05) is 6.54 Å². The molecule has 0 unspecified atom stereocenters. The van der Waals surface area contributed by atoms with Crippen molar-refractivity contribution in [2.24, 2.45) is 0 Å². The number of nitrogens with zero attached hydrogens (tertiary/aromatic N) is 1. The number of alkyl carbamates (subject to hydrolysis) is 1. The first-order valence-corrected chi connectivity index (χ1v) is 14.7. The van der Waals surface area contributed by atoms with Crippen molar-refractivity contribution >= 4 is 17.9 Å². The molecule has 0 spiro atoms. The first kappa shape index (κ1) is 31.9. The van der Waals surface area contributed by atoms with Crippen LogP contribution in [0.15, 0.2) is 30.3 Å². The Morgan fingerprint density at radius 3 is 2.15 bits per heavy atom. The second kappa shape index (κ2) is 13.3. The molecule has 1 aliphatic carbocycles. The third-order valence-electron chi connectivity index (χ3n) is 7.48. The maximum atomic E-state index is 13.1. The highest BCUT2D eigenvalue weighted by Gasteiger charge is 2.47. The Morgan fingerprint density at radius 2 is 1.57 bits per heavy atom. The van der Waals surface area contributed by atoms with Gasteiger partial charge in [-0.05, 0) is 79.7 Å². The van der Waals surface area contributed by atoms with Crippen LogP contribution < -0.4 is 16.0 Å². The summed E-state index contributed by atoms with van der Waals surface area (Å²) in [6, 6.07) is 8.47. The number of benzene rings is 1. The highest BCUT2D eigenvalue weighted by Crippen LogP contribution is 2.40. The van der Waals surface area contributed by atoms with Gasteiger partial charge in [-0.1, -0.05) is 49.6 Å². The van der Waals surface area contributed by atoms with Crippen LogP contribution in [0.4, 0.5) is 4.79 Å². The molecule has 1 aliphatic heterocycles. The number of rotatable bonds is 9. The van der Waals surface area contributed by atoms with E-state index in [2.05, 4.69) is 48.7 Å². The molecule has 9 heteroatoms. The fourth-order valence-electron chi connectivity index (χ4n) is 6.05. The van der Waals surface area contributed by atoms with Gasteiger partial charge in [-0.3, -0.25) is 14.4 Å². The van der Waals surface area contributed by atoms with Crippen molar-refractivity contribution in [3.05, 3.63) is 35.9 Å². The molecule has 0 radical (unpaired) electrons. The monoisotopic (exact) mass is 558 g/mol. The SMILES string of the molecule is CC(C)(C)OC(=O)N[C@@H](Cc1ccccc1)C(=O)NCC(=O)NC1CC(C)(C)N(OC2CCCCC2)C(C)(C)C1. The van der Waals surface area contributed by atoms with Gasteiger partial charge in [0.1, 0.15) is 11.6 Å². The maximum Gasteiger partial charge on any atom is 0.408 e. The number of ether oxygens (including phenoxy) is 1. The van der Waals surface area contributed by atoms with E-state index < -0.39 is 23.6 Å². The Bertz CT molecular complexity index is 981. The molecule has 1 aromatic rings. The summed E-state index contributed by atoms with van der Waals surface area (Å²) in [5, 5.41) is 10.7. The van der Waals surface area contributed by atoms with Crippen LogP contribution in [-0.2, 0) is 25.6 Å². The predicted octanol–water partition coefficient (Wildman–Crippen LogP) is 4.64. The quantitative estimate of drug-likeness (QED) is 0.408. The lowest BCUT2D eigenvalue weighted by Crippen LogP contribution is -2.65. The largest absolute Gasteiger partial charge is 0.444 e. The Morgan fingerprint density at radius 1 is 0.975 bits per heavy atom. The summed E-state index contributed by atoms with van der Waals surface area (Å²) >= 11 is 0. The van der Waals surface area contributed by atoms with Gasteiger partial charge >= 0.3 is 6.09 Å². The van der Waals surface area contributed by atoms with Gasteiger partial charge in [0, 0.05) is 23.5 Å². The summed E-state index contributed by atoms with van der Waals surface area (Å²) in [4.78, 5) is 45.0. The second-order valence-electron chi connectivity index (χ2n) is 13.6. The summed E-state index contributed by atoms with van der Waals surface area (Å²) in [5.74, 6) is -0.705. The standard InChI is InChI=1S/C31H50N4O5/c1-29(2,3)39-28(38)34-25(18-22-14-10-8-11-15-22)27(37)32-21-26(36)33-23-19-30(4,5)35(31(6,7)20-23)40-24-16-12-9-13-17-24/h8,10-11,14-15,23-25H,9,12-13,16-21H2,1-7H3,(H,32,37)(H,33,36)(H,34,38)/t25-/m0/s1. The molecule has 3 rings (SSSR count). The van der Waals surface area contributed by atoms with E-state index in [0.717, 1.165) is 31.2 Å². The number of hydroxylamine groups is 2. The van der Waals surface area contributed by atoms with Crippen LogP contribution in [0, 0.1) is 0 Å². The zero-order chi connectivity index (χ0) is 29.6. The summed E-state index contributed by atoms with van der Waals surface area (Å²) in [5.41, 5.74) is -0.345. The Labute approximate surface area is 240 Å². The molecule has 1 atom stereocenters. The average Bonchev–Trinajstić information content (AvgIpc) is 2.84. The molecule has 40 heavy (non-hydrogen) atoms. The van der Waals surface area contributed by atoms with Gasteiger partial charge in [0.15, 0.2) is 0 Å². The third-order valence-corrected chi connectivity index (χ3v) is 7.48. The van der Waals surface area contributed by atoms with Crippen molar-refractivity contribution in [3.63, 3.8) is 0 Å². The number of piperidine rings is 1. The van der Waals surface area contributed by atoms with E-state index in [9.17, 15) is 14.4 Å². The van der Waals surface area contributed by atoms with E-state index in [1.807, 2.05) is 30.3 Å². The number of hydrogen-bond donors (Lipinski definition) is 3. The molecular formula is C31H50N4O5. The molecule has 2 aliphatic rings. The highest BCUT2D eigenvalue weighted by molar-refractivity contribution is 5.89. The van der Waals surface area contributed by atoms with E-state index >= 15 is 0 Å². The van der Waals surface area contributed by atoms with Crippen molar-refractivity contribution in [1.29, 1.82) is 0 Å². The minimum absolute atomic E-state index is 0.0550. The average molecular weight is 559 g/mol. The Balaban J connectivity index is 1.56. The number of carbonyl (C=O) groups is 3. The van der Waals surface area contributed by atoms with Crippen LogP contribution in [0.5, 0.6) is 0 Å². The molecule has 9 nitrogen and oxygen atoms in total. The minimum Gasteiger partial charge on any atom is -0.444 e. The van der Waals surface area contributed by atoms with Crippen LogP contribution in [0.1, 0.15) is 99.0 Å². The molecular weight excluding hydrogens is 508 g/mol. The summed E-state index contributed by atoms with van der Waals surface area (Å²) in [6.07, 6.45) is 7.21. The fraction of sp³-hybridized carbons (Fsp3) is 0.710. The molecule has 3 amide bonds. The molecule has 0 aromatic heterocycles. The first-order chi connectivity index (χ1) is 18.6. The van der Waals surface area contributed by atoms with E-state index in [4.69, 9.17) is 9.57 Å². The lowest BCUT2D eigenvalue weighted by atomic mass is 9.79. The van der Waals surface area contributed by atoms with Gasteiger partial charge in [0.25, 0.3) is 0 Å². The Kier molecular flexibility index (Phi) is 10.6. The maximum absolute atomic E-state index is 13.1. The van der Waals surface area contributed by atoms with Crippen molar-refractivity contribution in [3.8, 4) is 0 Å². The van der Waals surface area contributed by atoms with E-state index in [1.54, 1.807) is 20.8 Å². The lowest BCUT2D eigenvalue weighted by Gasteiger charge is -2.55. The van der Waals surface area contributed by atoms with Crippen LogP contribution in [-0.4, -0.2) is 64.4 Å². The van der Waals surface area contributed by atoms with Crippen LogP contribution in [0.3, 0.4) is 0 Å². The van der Waals surface area contributed by atoms with E-state index in [1.165, 1.54) is 19.3 Å². The molecule has 1 aromatic carbocycles. The third kappa shape index (κ3) is 9.77. The number of nitrogens with one attached hydrogen (secondary N) is 3. The number of carbonyl (C=O) groups excluding carboxylic acids is 3. The van der Waals surface area contributed by atoms with Gasteiger partial charge in [-0.2, -0.15) is 5.06 Å². The summed E-state index contributed by atoms with van der Waals surface area (Å²) in [7, 11) is 0. The van der Waals surface area contributed by atoms with Crippen molar-refractivity contribution in [1.82, 2.24) is 21.0 Å². The first-order valence-electron chi connectivity index (χ1n) is 14.7. The number of amides is 3. The molecule has 2 fully saturated rings. The normalized spacial score (nSPS) is 20.8. The molecule has 1 saturated carbocycles. The van der Waals surface area contributed by atoms with Gasteiger partial charge < -0.3 is 20.7 Å². The zero-order valence-corrected chi connectivity index (χ0v) is 25.5. The van der Waals surface area contributed by atoms with Crippen molar-refractivity contribution in [2.45, 2.75) is 135 Å². The lowest BCUT2D eigenvalue weighted by molar-refractivity contribution is -0.310. The topological polar surface area (TPSA) is 109 Å². The molecule has 1 saturated heterocycles. The molecule has 1 heterocycles. The highest BCUT2D eigenvalue weighted by atomic mass is 16.7.